The van der Waals surface area contributed by atoms with Gasteiger partial charge in [0.1, 0.15) is 0 Å². The van der Waals surface area contributed by atoms with Gasteiger partial charge in [-0.05, 0) is 32.3 Å². The normalized spacial score (nSPS) is 16.8. The van der Waals surface area contributed by atoms with Crippen LogP contribution in [0, 0.1) is 0 Å². The van der Waals surface area contributed by atoms with Gasteiger partial charge in [0.15, 0.2) is 0 Å². The van der Waals surface area contributed by atoms with Crippen LogP contribution < -0.4 is 11.1 Å². The Labute approximate surface area is 127 Å². The van der Waals surface area contributed by atoms with E-state index in [9.17, 15) is 9.90 Å². The number of nitrogens with two attached hydrogens (primary N) is 1. The molecule has 4 nitrogen and oxygen atoms in total. The summed E-state index contributed by atoms with van der Waals surface area (Å²) in [5.41, 5.74) is 6.32. The molecule has 4 heteroatoms. The number of carbonyl (C=O) groups excluding carboxylic acids is 1. The number of hydrogen-bond acceptors (Lipinski definition) is 3. The number of rotatable bonds is 8. The van der Waals surface area contributed by atoms with Crippen LogP contribution in [0.15, 0.2) is 30.3 Å². The average Bonchev–Trinajstić information content (AvgIpc) is 2.43. The molecule has 21 heavy (non-hydrogen) atoms. The predicted octanol–water partition coefficient (Wildman–Crippen LogP) is 2.17. The zero-order valence-corrected chi connectivity index (χ0v) is 13.3. The number of aliphatic hydroxyl groups is 1. The molecule has 0 saturated carbocycles. The van der Waals surface area contributed by atoms with E-state index < -0.39 is 11.6 Å². The Hall–Kier alpha value is -1.39. The smallest absolute Gasteiger partial charge is 0.239 e. The van der Waals surface area contributed by atoms with Crippen LogP contribution in [-0.2, 0) is 4.79 Å². The average molecular weight is 292 g/mol. The van der Waals surface area contributed by atoms with Crippen molar-refractivity contribution >= 4 is 5.91 Å². The summed E-state index contributed by atoms with van der Waals surface area (Å²) in [6.45, 7) is 6.03. The van der Waals surface area contributed by atoms with E-state index >= 15 is 0 Å². The van der Waals surface area contributed by atoms with Gasteiger partial charge in [-0.3, -0.25) is 4.79 Å². The molecular weight excluding hydrogens is 264 g/mol. The van der Waals surface area contributed by atoms with E-state index in [1.807, 2.05) is 37.3 Å². The van der Waals surface area contributed by atoms with Crippen LogP contribution >= 0.6 is 0 Å². The summed E-state index contributed by atoms with van der Waals surface area (Å²) in [5, 5.41) is 12.6. The molecule has 118 valence electrons. The lowest BCUT2D eigenvalue weighted by atomic mass is 9.92. The Kier molecular flexibility index (Phi) is 6.85. The molecule has 1 rings (SSSR count). The highest BCUT2D eigenvalue weighted by molar-refractivity contribution is 5.85. The van der Waals surface area contributed by atoms with Crippen LogP contribution in [0.25, 0.3) is 0 Å². The summed E-state index contributed by atoms with van der Waals surface area (Å²) >= 11 is 0. The Morgan fingerprint density at radius 2 is 2.00 bits per heavy atom. The fourth-order valence-corrected chi connectivity index (χ4v) is 2.52. The van der Waals surface area contributed by atoms with Crippen LogP contribution in [0.4, 0.5) is 0 Å². The lowest BCUT2D eigenvalue weighted by Gasteiger charge is -2.25. The zero-order chi connectivity index (χ0) is 15.9. The van der Waals surface area contributed by atoms with E-state index in [0.29, 0.717) is 19.4 Å². The van der Waals surface area contributed by atoms with Crippen molar-refractivity contribution in [3.63, 3.8) is 0 Å². The van der Waals surface area contributed by atoms with Gasteiger partial charge in [-0.2, -0.15) is 0 Å². The van der Waals surface area contributed by atoms with Crippen LogP contribution in [0.2, 0.25) is 0 Å². The highest BCUT2D eigenvalue weighted by atomic mass is 16.3. The highest BCUT2D eigenvalue weighted by Gasteiger charge is 2.27. The third-order valence-electron chi connectivity index (χ3n) is 3.69. The largest absolute Gasteiger partial charge is 0.393 e. The van der Waals surface area contributed by atoms with Gasteiger partial charge in [-0.1, -0.05) is 43.7 Å². The molecule has 0 fully saturated rings. The molecule has 0 aliphatic rings. The summed E-state index contributed by atoms with van der Waals surface area (Å²) in [5.74, 6) is -0.0385. The molecular formula is C17H28N2O2. The molecule has 0 spiro atoms. The number of aliphatic hydroxyl groups excluding tert-OH is 1. The number of hydrogen-bond donors (Lipinski definition) is 3. The minimum Gasteiger partial charge on any atom is -0.393 e. The Morgan fingerprint density at radius 1 is 1.38 bits per heavy atom. The molecule has 0 heterocycles. The molecule has 0 radical (unpaired) electrons. The summed E-state index contributed by atoms with van der Waals surface area (Å²) in [7, 11) is 0. The van der Waals surface area contributed by atoms with Crippen LogP contribution in [0.5, 0.6) is 0 Å². The molecule has 0 aliphatic carbocycles. The van der Waals surface area contributed by atoms with E-state index in [1.165, 1.54) is 0 Å². The summed E-state index contributed by atoms with van der Waals surface area (Å²) in [6.07, 6.45) is 1.73. The monoisotopic (exact) mass is 292 g/mol. The summed E-state index contributed by atoms with van der Waals surface area (Å²) < 4.78 is 0. The predicted molar refractivity (Wildman–Crippen MR) is 86.0 cm³/mol. The second-order valence-corrected chi connectivity index (χ2v) is 6.07. The van der Waals surface area contributed by atoms with Gasteiger partial charge in [0.25, 0.3) is 0 Å². The third-order valence-corrected chi connectivity index (χ3v) is 3.69. The maximum Gasteiger partial charge on any atom is 0.239 e. The fourth-order valence-electron chi connectivity index (χ4n) is 2.52. The van der Waals surface area contributed by atoms with E-state index in [0.717, 1.165) is 12.0 Å². The molecule has 1 amide bonds. The van der Waals surface area contributed by atoms with Gasteiger partial charge in [-0.15, -0.1) is 0 Å². The second-order valence-electron chi connectivity index (χ2n) is 6.07. The molecule has 1 aromatic carbocycles. The second kappa shape index (κ2) is 8.15. The van der Waals surface area contributed by atoms with Gasteiger partial charge in [0.05, 0.1) is 11.6 Å². The van der Waals surface area contributed by atoms with Crippen molar-refractivity contribution in [2.24, 2.45) is 5.73 Å². The number of benzene rings is 1. The lowest BCUT2D eigenvalue weighted by molar-refractivity contribution is -0.126. The van der Waals surface area contributed by atoms with Crippen molar-refractivity contribution in [2.75, 3.05) is 6.54 Å². The molecule has 0 bridgehead atoms. The molecule has 1 aromatic rings. The Bertz CT molecular complexity index is 430. The quantitative estimate of drug-likeness (QED) is 0.687. The minimum atomic E-state index is -0.833. The topological polar surface area (TPSA) is 75.4 Å². The molecule has 4 N–H and O–H groups in total. The van der Waals surface area contributed by atoms with Crippen molar-refractivity contribution in [3.05, 3.63) is 35.9 Å². The van der Waals surface area contributed by atoms with E-state index in [1.54, 1.807) is 13.8 Å². The van der Waals surface area contributed by atoms with Gasteiger partial charge in [0.2, 0.25) is 5.91 Å². The molecule has 0 saturated heterocycles. The molecule has 0 aromatic heterocycles. The minimum absolute atomic E-state index is 0.0903. The van der Waals surface area contributed by atoms with Crippen molar-refractivity contribution in [2.45, 2.75) is 57.6 Å². The van der Waals surface area contributed by atoms with E-state index in [4.69, 9.17) is 5.73 Å². The number of nitrogens with one attached hydrogen (secondary N) is 1. The third kappa shape index (κ3) is 5.86. The summed E-state index contributed by atoms with van der Waals surface area (Å²) in [4.78, 5) is 12.2. The fraction of sp³-hybridized carbons (Fsp3) is 0.588. The van der Waals surface area contributed by atoms with Crippen LogP contribution in [0.3, 0.4) is 0 Å². The molecule has 3 atom stereocenters. The number of amides is 1. The lowest BCUT2D eigenvalue weighted by Crippen LogP contribution is -2.52. The van der Waals surface area contributed by atoms with Crippen LogP contribution in [-0.4, -0.2) is 29.2 Å². The van der Waals surface area contributed by atoms with Crippen molar-refractivity contribution in [3.8, 4) is 0 Å². The first-order valence-electron chi connectivity index (χ1n) is 7.67. The van der Waals surface area contributed by atoms with E-state index in [2.05, 4.69) is 5.32 Å². The standard InChI is InChI=1S/C17H28N2O2/c1-4-10-17(3,18)16(21)19-12-15(11-13(2)20)14-8-6-5-7-9-14/h5-9,13,15,20H,4,10-12,18H2,1-3H3,(H,19,21). The van der Waals surface area contributed by atoms with Crippen molar-refractivity contribution in [1.82, 2.24) is 5.32 Å². The van der Waals surface area contributed by atoms with Crippen molar-refractivity contribution in [1.29, 1.82) is 0 Å². The maximum absolute atomic E-state index is 12.2. The summed E-state index contributed by atoms with van der Waals surface area (Å²) in [6, 6.07) is 9.94. The van der Waals surface area contributed by atoms with Gasteiger partial charge in [-0.25, -0.2) is 0 Å². The SMILES string of the molecule is CCCC(C)(N)C(=O)NCC(CC(C)O)c1ccccc1. The first-order valence-corrected chi connectivity index (χ1v) is 7.67. The highest BCUT2D eigenvalue weighted by Crippen LogP contribution is 2.21. The molecule has 3 unspecified atom stereocenters. The maximum atomic E-state index is 12.2. The van der Waals surface area contributed by atoms with Gasteiger partial charge >= 0.3 is 0 Å². The first-order chi connectivity index (χ1) is 9.86. The van der Waals surface area contributed by atoms with Gasteiger partial charge < -0.3 is 16.2 Å². The Balaban J connectivity index is 2.68. The molecule has 0 aliphatic heterocycles. The Morgan fingerprint density at radius 3 is 2.52 bits per heavy atom. The zero-order valence-electron chi connectivity index (χ0n) is 13.3. The van der Waals surface area contributed by atoms with Crippen LogP contribution in [0.1, 0.15) is 51.5 Å². The first kappa shape index (κ1) is 17.7. The number of carbonyl (C=O) groups is 1. The van der Waals surface area contributed by atoms with E-state index in [-0.39, 0.29) is 11.8 Å². The van der Waals surface area contributed by atoms with Crippen molar-refractivity contribution < 1.29 is 9.90 Å². The van der Waals surface area contributed by atoms with Gasteiger partial charge in [0, 0.05) is 12.5 Å².